The van der Waals surface area contributed by atoms with Crippen molar-refractivity contribution in [3.63, 3.8) is 0 Å². The zero-order valence-electron chi connectivity index (χ0n) is 20.1. The van der Waals surface area contributed by atoms with Crippen LogP contribution < -0.4 is 5.32 Å². The summed E-state index contributed by atoms with van der Waals surface area (Å²) < 4.78 is 5.14. The number of aliphatic hydroxyl groups is 5. The first-order valence-corrected chi connectivity index (χ1v) is 12.7. The molecule has 0 spiro atoms. The lowest BCUT2D eigenvalue weighted by atomic mass is 9.97. The predicted molar refractivity (Wildman–Crippen MR) is 125 cm³/mol. The van der Waals surface area contributed by atoms with Gasteiger partial charge in [-0.1, -0.05) is 90.4 Å². The number of rotatable bonds is 17. The molecule has 1 unspecified atom stereocenters. The van der Waals surface area contributed by atoms with E-state index in [2.05, 4.69) is 12.2 Å². The quantitative estimate of drug-likeness (QED) is 0.189. The largest absolute Gasteiger partial charge is 0.397 e. The first kappa shape index (κ1) is 30.7. The summed E-state index contributed by atoms with van der Waals surface area (Å²) in [5, 5.41) is 49.5. The molecule has 0 aromatic rings. The van der Waals surface area contributed by atoms with Crippen LogP contribution in [0.5, 0.6) is 0 Å². The van der Waals surface area contributed by atoms with Gasteiger partial charge in [0.05, 0.1) is 12.6 Å². The topological polar surface area (TPSA) is 122 Å². The van der Waals surface area contributed by atoms with Crippen molar-refractivity contribution in [1.82, 2.24) is 5.32 Å². The first-order chi connectivity index (χ1) is 15.0. The third-order valence-electron chi connectivity index (χ3n) is 5.81. The zero-order valence-corrected chi connectivity index (χ0v) is 20.1. The van der Waals surface area contributed by atoms with Gasteiger partial charge in [0.1, 0.15) is 18.3 Å². The number of aliphatic hydroxyl groups excluding tert-OH is 5. The van der Waals surface area contributed by atoms with E-state index in [1.54, 1.807) is 6.92 Å². The predicted octanol–water partition coefficient (Wildman–Crippen LogP) is 2.86. The van der Waals surface area contributed by atoms with Crippen LogP contribution in [0.1, 0.15) is 104 Å². The molecule has 0 saturated carbocycles. The SMILES string of the molecule is CCCCCCCCCCCCCCCCN[C@H]1C(O)O[C@H](CO)[C@@H](O)[C@@H]1O.CCO. The molecular formula is C24H51NO6. The van der Waals surface area contributed by atoms with Crippen molar-refractivity contribution < 1.29 is 30.3 Å². The van der Waals surface area contributed by atoms with E-state index in [0.717, 1.165) is 12.8 Å². The molecule has 6 N–H and O–H groups in total. The van der Waals surface area contributed by atoms with E-state index in [4.69, 9.17) is 14.9 Å². The molecule has 1 saturated heterocycles. The van der Waals surface area contributed by atoms with Gasteiger partial charge in [-0.3, -0.25) is 0 Å². The lowest BCUT2D eigenvalue weighted by Crippen LogP contribution is -2.63. The van der Waals surface area contributed by atoms with Crippen LogP contribution in [-0.2, 0) is 4.74 Å². The highest BCUT2D eigenvalue weighted by atomic mass is 16.6. The molecule has 0 aromatic carbocycles. The van der Waals surface area contributed by atoms with Crippen molar-refractivity contribution >= 4 is 0 Å². The van der Waals surface area contributed by atoms with Crippen molar-refractivity contribution in [1.29, 1.82) is 0 Å². The molecule has 188 valence electrons. The average Bonchev–Trinajstić information content (AvgIpc) is 2.76. The van der Waals surface area contributed by atoms with Crippen LogP contribution in [0.25, 0.3) is 0 Å². The summed E-state index contributed by atoms with van der Waals surface area (Å²) in [6.07, 6.45) is 13.8. The van der Waals surface area contributed by atoms with E-state index in [1.165, 1.54) is 77.0 Å². The molecule has 7 heteroatoms. The van der Waals surface area contributed by atoms with E-state index in [0.29, 0.717) is 6.54 Å². The van der Waals surface area contributed by atoms with E-state index in [-0.39, 0.29) is 6.61 Å². The van der Waals surface area contributed by atoms with Gasteiger partial charge in [0, 0.05) is 6.61 Å². The second kappa shape index (κ2) is 21.6. The first-order valence-electron chi connectivity index (χ1n) is 12.7. The second-order valence-electron chi connectivity index (χ2n) is 8.62. The smallest absolute Gasteiger partial charge is 0.173 e. The normalized spacial score (nSPS) is 25.8. The molecule has 0 bridgehead atoms. The Hall–Kier alpha value is -0.280. The number of hydrogen-bond donors (Lipinski definition) is 6. The molecule has 1 rings (SSSR count). The number of nitrogens with one attached hydrogen (secondary N) is 1. The number of ether oxygens (including phenoxy) is 1. The Balaban J connectivity index is 0.00000282. The summed E-state index contributed by atoms with van der Waals surface area (Å²) >= 11 is 0. The number of unbranched alkanes of at least 4 members (excludes halogenated alkanes) is 13. The van der Waals surface area contributed by atoms with Crippen LogP contribution in [-0.4, -0.2) is 75.9 Å². The summed E-state index contributed by atoms with van der Waals surface area (Å²) in [5.74, 6) is 0. The van der Waals surface area contributed by atoms with Crippen LogP contribution in [0.15, 0.2) is 0 Å². The fourth-order valence-electron chi connectivity index (χ4n) is 3.91. The van der Waals surface area contributed by atoms with Crippen LogP contribution in [0.2, 0.25) is 0 Å². The minimum Gasteiger partial charge on any atom is -0.397 e. The second-order valence-corrected chi connectivity index (χ2v) is 8.62. The Morgan fingerprint density at radius 1 is 0.645 bits per heavy atom. The fourth-order valence-corrected chi connectivity index (χ4v) is 3.91. The van der Waals surface area contributed by atoms with Gasteiger partial charge in [0.15, 0.2) is 6.29 Å². The summed E-state index contributed by atoms with van der Waals surface area (Å²) in [7, 11) is 0. The lowest BCUT2D eigenvalue weighted by Gasteiger charge is -2.40. The highest BCUT2D eigenvalue weighted by Gasteiger charge is 2.43. The molecule has 1 aliphatic heterocycles. The number of hydrogen-bond acceptors (Lipinski definition) is 7. The molecule has 7 nitrogen and oxygen atoms in total. The van der Waals surface area contributed by atoms with Crippen LogP contribution in [0, 0.1) is 0 Å². The van der Waals surface area contributed by atoms with Crippen molar-refractivity contribution in [2.45, 2.75) is 134 Å². The summed E-state index contributed by atoms with van der Waals surface area (Å²) in [5.41, 5.74) is 0. The van der Waals surface area contributed by atoms with Crippen molar-refractivity contribution in [2.24, 2.45) is 0 Å². The van der Waals surface area contributed by atoms with Crippen LogP contribution in [0.3, 0.4) is 0 Å². The van der Waals surface area contributed by atoms with Crippen molar-refractivity contribution in [3.8, 4) is 0 Å². The Morgan fingerprint density at radius 2 is 1.06 bits per heavy atom. The lowest BCUT2D eigenvalue weighted by molar-refractivity contribution is -0.254. The van der Waals surface area contributed by atoms with Gasteiger partial charge < -0.3 is 35.6 Å². The highest BCUT2D eigenvalue weighted by molar-refractivity contribution is 4.92. The molecule has 0 radical (unpaired) electrons. The van der Waals surface area contributed by atoms with Gasteiger partial charge in [-0.2, -0.15) is 0 Å². The van der Waals surface area contributed by atoms with E-state index >= 15 is 0 Å². The minimum absolute atomic E-state index is 0.250. The molecule has 1 heterocycles. The van der Waals surface area contributed by atoms with Gasteiger partial charge in [0.2, 0.25) is 0 Å². The fraction of sp³-hybridized carbons (Fsp3) is 1.00. The molecule has 5 atom stereocenters. The van der Waals surface area contributed by atoms with Crippen LogP contribution >= 0.6 is 0 Å². The maximum atomic E-state index is 10.1. The monoisotopic (exact) mass is 449 g/mol. The van der Waals surface area contributed by atoms with Crippen LogP contribution in [0.4, 0.5) is 0 Å². The van der Waals surface area contributed by atoms with E-state index in [1.807, 2.05) is 0 Å². The third kappa shape index (κ3) is 15.2. The van der Waals surface area contributed by atoms with Gasteiger partial charge in [-0.25, -0.2) is 0 Å². The van der Waals surface area contributed by atoms with Crippen molar-refractivity contribution in [2.75, 3.05) is 19.8 Å². The molecule has 1 fully saturated rings. The maximum Gasteiger partial charge on any atom is 0.173 e. The molecule has 0 aromatic heterocycles. The Bertz CT molecular complexity index is 374. The molecule has 0 amide bonds. The third-order valence-corrected chi connectivity index (χ3v) is 5.81. The van der Waals surface area contributed by atoms with Gasteiger partial charge in [-0.05, 0) is 19.9 Å². The Morgan fingerprint density at radius 3 is 1.48 bits per heavy atom. The molecule has 31 heavy (non-hydrogen) atoms. The average molecular weight is 450 g/mol. The summed E-state index contributed by atoms with van der Waals surface area (Å²) in [4.78, 5) is 0. The van der Waals surface area contributed by atoms with Gasteiger partial charge in [-0.15, -0.1) is 0 Å². The summed E-state index contributed by atoms with van der Waals surface area (Å²) in [6.45, 7) is 4.42. The standard InChI is InChI=1S/C22H45NO5.C2H6O/c1-2-3-4-5-6-7-8-9-10-11-12-13-14-15-16-23-19-21(26)20(25)18(17-24)28-22(19)27;1-2-3/h18-27H,2-17H2,1H3;3H,2H2,1H3/t18-,19-,20-,21-,22?;/m1./s1. The molecule has 1 aliphatic rings. The van der Waals surface area contributed by atoms with Gasteiger partial charge in [0.25, 0.3) is 0 Å². The Labute approximate surface area is 190 Å². The minimum atomic E-state index is -1.22. The molecular weight excluding hydrogens is 398 g/mol. The van der Waals surface area contributed by atoms with Crippen molar-refractivity contribution in [3.05, 3.63) is 0 Å². The maximum absolute atomic E-state index is 10.1. The van der Waals surface area contributed by atoms with E-state index in [9.17, 15) is 15.3 Å². The summed E-state index contributed by atoms with van der Waals surface area (Å²) in [6, 6.07) is -0.722. The highest BCUT2D eigenvalue weighted by Crippen LogP contribution is 2.20. The van der Waals surface area contributed by atoms with E-state index < -0.39 is 37.3 Å². The zero-order chi connectivity index (χ0) is 23.3. The Kier molecular flexibility index (Phi) is 21.4. The molecule has 0 aliphatic carbocycles. The van der Waals surface area contributed by atoms with Gasteiger partial charge >= 0.3 is 0 Å².